The quantitative estimate of drug-likeness (QED) is 0.745. The summed E-state index contributed by atoms with van der Waals surface area (Å²) in [7, 11) is -1.86. The number of nitrogens with zero attached hydrogens (tertiary/aromatic N) is 1. The standard InChI is InChI=1S/C16H20F2N2O6S/c1-10(15(22)20-5-7-27(23,24)8-6-20)19-14(21)11-3-4-12(25-2)13(9-11)26-16(17)18/h3-4,9-10,16H,5-8H2,1-2H3,(H,19,21). The Morgan fingerprint density at radius 1 is 1.19 bits per heavy atom. The number of methoxy groups -OCH3 is 1. The second-order valence-corrected chi connectivity index (χ2v) is 8.22. The summed E-state index contributed by atoms with van der Waals surface area (Å²) < 4.78 is 57.0. The first-order valence-corrected chi connectivity index (χ1v) is 9.88. The fourth-order valence-electron chi connectivity index (χ4n) is 2.55. The Balaban J connectivity index is 2.04. The average Bonchev–Trinajstić information content (AvgIpc) is 2.60. The molecule has 1 aromatic carbocycles. The van der Waals surface area contributed by atoms with Gasteiger partial charge in [-0.15, -0.1) is 0 Å². The second kappa shape index (κ2) is 8.51. The highest BCUT2D eigenvalue weighted by atomic mass is 32.2. The molecule has 0 spiro atoms. The molecule has 0 bridgehead atoms. The summed E-state index contributed by atoms with van der Waals surface area (Å²) in [5, 5.41) is 2.47. The van der Waals surface area contributed by atoms with Crippen LogP contribution in [-0.4, -0.2) is 69.5 Å². The average molecular weight is 406 g/mol. The van der Waals surface area contributed by atoms with Gasteiger partial charge in [0.2, 0.25) is 5.91 Å². The molecule has 0 saturated carbocycles. The minimum atomic E-state index is -3.13. The number of carbonyl (C=O) groups excluding carboxylic acids is 2. The molecule has 1 saturated heterocycles. The minimum Gasteiger partial charge on any atom is -0.493 e. The third-order valence-electron chi connectivity index (χ3n) is 4.02. The van der Waals surface area contributed by atoms with Crippen LogP contribution in [0.2, 0.25) is 0 Å². The highest BCUT2D eigenvalue weighted by Gasteiger charge is 2.28. The van der Waals surface area contributed by atoms with Gasteiger partial charge in [-0.3, -0.25) is 9.59 Å². The number of hydrogen-bond donors (Lipinski definition) is 1. The second-order valence-electron chi connectivity index (χ2n) is 5.92. The molecule has 27 heavy (non-hydrogen) atoms. The van der Waals surface area contributed by atoms with Gasteiger partial charge in [-0.25, -0.2) is 8.42 Å². The van der Waals surface area contributed by atoms with Gasteiger partial charge in [0, 0.05) is 18.7 Å². The molecular formula is C16H20F2N2O6S. The van der Waals surface area contributed by atoms with Gasteiger partial charge in [-0.2, -0.15) is 8.78 Å². The van der Waals surface area contributed by atoms with Crippen molar-refractivity contribution in [2.75, 3.05) is 31.7 Å². The highest BCUT2D eigenvalue weighted by Crippen LogP contribution is 2.29. The normalized spacial score (nSPS) is 17.3. The number of amides is 2. The van der Waals surface area contributed by atoms with Gasteiger partial charge in [0.1, 0.15) is 6.04 Å². The summed E-state index contributed by atoms with van der Waals surface area (Å²) in [6, 6.07) is 2.82. The van der Waals surface area contributed by atoms with Gasteiger partial charge in [-0.05, 0) is 25.1 Å². The van der Waals surface area contributed by atoms with Crippen LogP contribution in [0, 0.1) is 0 Å². The fourth-order valence-corrected chi connectivity index (χ4v) is 3.76. The van der Waals surface area contributed by atoms with Crippen LogP contribution in [0.4, 0.5) is 8.78 Å². The first-order valence-electron chi connectivity index (χ1n) is 8.06. The summed E-state index contributed by atoms with van der Waals surface area (Å²) in [6.07, 6.45) is 0. The number of rotatable bonds is 6. The Bertz CT molecular complexity index is 801. The third kappa shape index (κ3) is 5.52. The summed E-state index contributed by atoms with van der Waals surface area (Å²) in [6.45, 7) is -1.50. The summed E-state index contributed by atoms with van der Waals surface area (Å²) >= 11 is 0. The first-order chi connectivity index (χ1) is 12.6. The molecule has 1 aromatic rings. The van der Waals surface area contributed by atoms with E-state index in [-0.39, 0.29) is 41.7 Å². The van der Waals surface area contributed by atoms with Crippen molar-refractivity contribution in [3.63, 3.8) is 0 Å². The van der Waals surface area contributed by atoms with Crippen molar-refractivity contribution >= 4 is 21.7 Å². The van der Waals surface area contributed by atoms with Gasteiger partial charge in [-0.1, -0.05) is 0 Å². The number of hydrogen-bond acceptors (Lipinski definition) is 6. The van der Waals surface area contributed by atoms with Crippen molar-refractivity contribution in [2.24, 2.45) is 0 Å². The van der Waals surface area contributed by atoms with Gasteiger partial charge < -0.3 is 19.7 Å². The molecule has 0 radical (unpaired) electrons. The number of sulfone groups is 1. The lowest BCUT2D eigenvalue weighted by molar-refractivity contribution is -0.132. The number of benzene rings is 1. The Hall–Kier alpha value is -2.43. The number of halogens is 2. The van der Waals surface area contributed by atoms with Crippen LogP contribution in [0.25, 0.3) is 0 Å². The van der Waals surface area contributed by atoms with Crippen LogP contribution < -0.4 is 14.8 Å². The highest BCUT2D eigenvalue weighted by molar-refractivity contribution is 7.91. The fraction of sp³-hybridized carbons (Fsp3) is 0.500. The minimum absolute atomic E-state index is 0.00678. The molecular weight excluding hydrogens is 386 g/mol. The molecule has 1 fully saturated rings. The number of alkyl halides is 2. The first kappa shape index (κ1) is 20.9. The lowest BCUT2D eigenvalue weighted by Gasteiger charge is -2.29. The molecule has 1 aliphatic rings. The van der Waals surface area contributed by atoms with Gasteiger partial charge >= 0.3 is 6.61 Å². The molecule has 0 aromatic heterocycles. The summed E-state index contributed by atoms with van der Waals surface area (Å²) in [5.41, 5.74) is 0.00678. The monoisotopic (exact) mass is 406 g/mol. The van der Waals surface area contributed by atoms with E-state index in [0.29, 0.717) is 0 Å². The van der Waals surface area contributed by atoms with Crippen molar-refractivity contribution in [3.05, 3.63) is 23.8 Å². The van der Waals surface area contributed by atoms with E-state index in [4.69, 9.17) is 4.74 Å². The van der Waals surface area contributed by atoms with Gasteiger partial charge in [0.25, 0.3) is 5.91 Å². The predicted octanol–water partition coefficient (Wildman–Crippen LogP) is 0.672. The lowest BCUT2D eigenvalue weighted by atomic mass is 10.1. The van der Waals surface area contributed by atoms with Gasteiger partial charge in [0.15, 0.2) is 21.3 Å². The largest absolute Gasteiger partial charge is 0.493 e. The summed E-state index contributed by atoms with van der Waals surface area (Å²) in [5.74, 6) is -1.60. The molecule has 0 aliphatic carbocycles. The molecule has 1 unspecified atom stereocenters. The Labute approximate surface area is 155 Å². The molecule has 1 heterocycles. The SMILES string of the molecule is COc1ccc(C(=O)NC(C)C(=O)N2CCS(=O)(=O)CC2)cc1OC(F)F. The van der Waals surface area contributed by atoms with Crippen LogP contribution in [0.15, 0.2) is 18.2 Å². The Morgan fingerprint density at radius 2 is 1.81 bits per heavy atom. The maximum Gasteiger partial charge on any atom is 0.387 e. The number of nitrogens with one attached hydrogen (secondary N) is 1. The lowest BCUT2D eigenvalue weighted by Crippen LogP contribution is -2.51. The Kier molecular flexibility index (Phi) is 6.58. The number of carbonyl (C=O) groups is 2. The molecule has 2 amide bonds. The van der Waals surface area contributed by atoms with Crippen LogP contribution in [0.5, 0.6) is 11.5 Å². The molecule has 150 valence electrons. The van der Waals surface area contributed by atoms with Crippen molar-refractivity contribution in [1.82, 2.24) is 10.2 Å². The maximum atomic E-state index is 12.5. The zero-order valence-corrected chi connectivity index (χ0v) is 15.6. The zero-order chi connectivity index (χ0) is 20.2. The van der Waals surface area contributed by atoms with Crippen LogP contribution in [0.3, 0.4) is 0 Å². The van der Waals surface area contributed by atoms with E-state index in [2.05, 4.69) is 10.1 Å². The van der Waals surface area contributed by atoms with Crippen molar-refractivity contribution in [2.45, 2.75) is 19.6 Å². The van der Waals surface area contributed by atoms with E-state index in [1.165, 1.54) is 31.1 Å². The third-order valence-corrected chi connectivity index (χ3v) is 5.63. The van der Waals surface area contributed by atoms with E-state index in [0.717, 1.165) is 6.07 Å². The van der Waals surface area contributed by atoms with Crippen LogP contribution >= 0.6 is 0 Å². The van der Waals surface area contributed by atoms with E-state index in [1.807, 2.05) is 0 Å². The zero-order valence-electron chi connectivity index (χ0n) is 14.8. The van der Waals surface area contributed by atoms with Gasteiger partial charge in [0.05, 0.1) is 18.6 Å². The predicted molar refractivity (Wildman–Crippen MR) is 91.8 cm³/mol. The van der Waals surface area contributed by atoms with E-state index in [9.17, 15) is 26.8 Å². The molecule has 1 N–H and O–H groups in total. The molecule has 8 nitrogen and oxygen atoms in total. The van der Waals surface area contributed by atoms with Crippen LogP contribution in [-0.2, 0) is 14.6 Å². The van der Waals surface area contributed by atoms with Crippen molar-refractivity contribution in [3.8, 4) is 11.5 Å². The number of ether oxygens (including phenoxy) is 2. The molecule has 2 rings (SSSR count). The van der Waals surface area contributed by atoms with Crippen molar-refractivity contribution in [1.29, 1.82) is 0 Å². The van der Waals surface area contributed by atoms with E-state index < -0.39 is 34.3 Å². The maximum absolute atomic E-state index is 12.5. The molecule has 11 heteroatoms. The van der Waals surface area contributed by atoms with E-state index in [1.54, 1.807) is 0 Å². The van der Waals surface area contributed by atoms with Crippen LogP contribution in [0.1, 0.15) is 17.3 Å². The molecule has 1 atom stereocenters. The Morgan fingerprint density at radius 3 is 2.37 bits per heavy atom. The smallest absolute Gasteiger partial charge is 0.387 e. The van der Waals surface area contributed by atoms with Crippen molar-refractivity contribution < 1.29 is 36.3 Å². The summed E-state index contributed by atoms with van der Waals surface area (Å²) in [4.78, 5) is 26.0. The van der Waals surface area contributed by atoms with E-state index >= 15 is 0 Å². The molecule has 1 aliphatic heterocycles. The topological polar surface area (TPSA) is 102 Å².